The van der Waals surface area contributed by atoms with Gasteiger partial charge in [0.2, 0.25) is 11.8 Å². The predicted octanol–water partition coefficient (Wildman–Crippen LogP) is 0.810. The summed E-state index contributed by atoms with van der Waals surface area (Å²) in [5.74, 6) is 1.72. The van der Waals surface area contributed by atoms with Gasteiger partial charge >= 0.3 is 0 Å². The van der Waals surface area contributed by atoms with Crippen molar-refractivity contribution >= 4 is 11.9 Å². The van der Waals surface area contributed by atoms with Crippen LogP contribution in [-0.4, -0.2) is 62.1 Å². The Morgan fingerprint density at radius 2 is 2.40 bits per heavy atom. The lowest BCUT2D eigenvalue weighted by Crippen LogP contribution is -2.51. The summed E-state index contributed by atoms with van der Waals surface area (Å²) in [4.78, 5) is 22.8. The second kappa shape index (κ2) is 7.72. The van der Waals surface area contributed by atoms with Gasteiger partial charge in [-0.15, -0.1) is 0 Å². The number of ether oxygens (including phenoxy) is 1. The quantitative estimate of drug-likeness (QED) is 0.624. The molecule has 2 saturated heterocycles. The predicted molar refractivity (Wildman–Crippen MR) is 96.7 cm³/mol. The third kappa shape index (κ3) is 4.21. The van der Waals surface area contributed by atoms with Gasteiger partial charge in [-0.25, -0.2) is 4.98 Å². The van der Waals surface area contributed by atoms with E-state index in [1.54, 1.807) is 7.11 Å². The Labute approximate surface area is 148 Å². The topological polar surface area (TPSA) is 78.9 Å². The number of methoxy groups -OCH3 is 1. The van der Waals surface area contributed by atoms with Crippen LogP contribution in [0.5, 0.6) is 5.88 Å². The highest BCUT2D eigenvalue weighted by atomic mass is 16.5. The van der Waals surface area contributed by atoms with Crippen molar-refractivity contribution in [2.45, 2.75) is 25.7 Å². The second-order valence-corrected chi connectivity index (χ2v) is 6.87. The van der Waals surface area contributed by atoms with Crippen LogP contribution < -0.4 is 15.4 Å². The number of carbonyl (C=O) groups is 1. The molecule has 0 aromatic carbocycles. The van der Waals surface area contributed by atoms with E-state index in [4.69, 9.17) is 4.74 Å². The van der Waals surface area contributed by atoms with Gasteiger partial charge in [0.05, 0.1) is 7.11 Å². The molecule has 7 heteroatoms. The molecule has 25 heavy (non-hydrogen) atoms. The number of guanidine groups is 1. The fourth-order valence-electron chi connectivity index (χ4n) is 3.77. The first-order valence-corrected chi connectivity index (χ1v) is 8.86. The monoisotopic (exact) mass is 345 g/mol. The molecule has 1 atom stereocenters. The number of hydrogen-bond donors (Lipinski definition) is 2. The van der Waals surface area contributed by atoms with Crippen molar-refractivity contribution in [3.8, 4) is 5.88 Å². The molecule has 3 heterocycles. The molecule has 2 N–H and O–H groups in total. The van der Waals surface area contributed by atoms with Crippen molar-refractivity contribution in [2.75, 3.05) is 40.3 Å². The minimum Gasteiger partial charge on any atom is -0.481 e. The van der Waals surface area contributed by atoms with Crippen LogP contribution in [0.4, 0.5) is 0 Å². The number of piperidine rings is 1. The Kier molecular flexibility index (Phi) is 5.40. The van der Waals surface area contributed by atoms with Crippen molar-refractivity contribution in [1.29, 1.82) is 0 Å². The van der Waals surface area contributed by atoms with Gasteiger partial charge in [-0.3, -0.25) is 9.79 Å². The maximum absolute atomic E-state index is 11.7. The number of rotatable bonds is 4. The first kappa shape index (κ1) is 17.5. The molecule has 2 aliphatic heterocycles. The number of carbonyl (C=O) groups excluding carboxylic acids is 1. The third-order valence-electron chi connectivity index (χ3n) is 5.02. The summed E-state index contributed by atoms with van der Waals surface area (Å²) >= 11 is 0. The molecule has 7 nitrogen and oxygen atoms in total. The molecule has 1 aromatic rings. The standard InChI is InChI=1S/C18H27N5O2/c1-19-17(20-9-7-14-5-3-6-16(22-14)25-2)23-10-4-8-18(13-23)11-15(24)21-12-18/h3,5-6H,4,7-13H2,1-2H3,(H,19,20)(H,21,24). The zero-order chi connectivity index (χ0) is 17.7. The van der Waals surface area contributed by atoms with Crippen LogP contribution >= 0.6 is 0 Å². The van der Waals surface area contributed by atoms with Gasteiger partial charge in [0.1, 0.15) is 0 Å². The zero-order valence-electron chi connectivity index (χ0n) is 15.0. The van der Waals surface area contributed by atoms with Gasteiger partial charge in [-0.05, 0) is 18.9 Å². The molecule has 0 bridgehead atoms. The smallest absolute Gasteiger partial charge is 0.220 e. The molecule has 1 spiro atoms. The number of amides is 1. The number of nitrogens with one attached hydrogen (secondary N) is 2. The molecule has 0 saturated carbocycles. The first-order valence-electron chi connectivity index (χ1n) is 8.86. The summed E-state index contributed by atoms with van der Waals surface area (Å²) < 4.78 is 5.16. The van der Waals surface area contributed by atoms with E-state index in [9.17, 15) is 4.79 Å². The Morgan fingerprint density at radius 3 is 3.12 bits per heavy atom. The van der Waals surface area contributed by atoms with Crippen molar-refractivity contribution in [3.05, 3.63) is 23.9 Å². The van der Waals surface area contributed by atoms with E-state index in [-0.39, 0.29) is 11.3 Å². The maximum atomic E-state index is 11.7. The zero-order valence-corrected chi connectivity index (χ0v) is 15.0. The van der Waals surface area contributed by atoms with Crippen LogP contribution in [0.1, 0.15) is 25.0 Å². The van der Waals surface area contributed by atoms with Crippen molar-refractivity contribution in [3.63, 3.8) is 0 Å². The molecule has 0 aliphatic carbocycles. The number of likely N-dealkylation sites (tertiary alicyclic amines) is 1. The molecular formula is C18H27N5O2. The van der Waals surface area contributed by atoms with Crippen molar-refractivity contribution < 1.29 is 9.53 Å². The van der Waals surface area contributed by atoms with E-state index in [1.807, 2.05) is 25.2 Å². The molecule has 1 amide bonds. The SMILES string of the molecule is CN=C(NCCc1cccc(OC)n1)N1CCCC2(CNC(=O)C2)C1. The summed E-state index contributed by atoms with van der Waals surface area (Å²) in [7, 11) is 3.44. The van der Waals surface area contributed by atoms with Gasteiger partial charge in [-0.1, -0.05) is 6.07 Å². The van der Waals surface area contributed by atoms with Crippen LogP contribution in [0.25, 0.3) is 0 Å². The Morgan fingerprint density at radius 1 is 1.52 bits per heavy atom. The molecule has 1 unspecified atom stereocenters. The van der Waals surface area contributed by atoms with E-state index >= 15 is 0 Å². The number of aliphatic imine (C=N–C) groups is 1. The summed E-state index contributed by atoms with van der Waals surface area (Å²) in [6.07, 6.45) is 3.63. The van der Waals surface area contributed by atoms with Crippen molar-refractivity contribution in [2.24, 2.45) is 10.4 Å². The van der Waals surface area contributed by atoms with E-state index in [2.05, 4.69) is 25.5 Å². The van der Waals surface area contributed by atoms with Crippen LogP contribution in [0.15, 0.2) is 23.2 Å². The molecule has 1 aromatic heterocycles. The van der Waals surface area contributed by atoms with Gasteiger partial charge < -0.3 is 20.3 Å². The highest BCUT2D eigenvalue weighted by Crippen LogP contribution is 2.35. The Balaban J connectivity index is 1.54. The van der Waals surface area contributed by atoms with Crippen LogP contribution in [0.3, 0.4) is 0 Å². The van der Waals surface area contributed by atoms with Crippen molar-refractivity contribution in [1.82, 2.24) is 20.5 Å². The number of pyridine rings is 1. The average molecular weight is 345 g/mol. The van der Waals surface area contributed by atoms with Gasteiger partial charge in [-0.2, -0.15) is 0 Å². The maximum Gasteiger partial charge on any atom is 0.220 e. The minimum atomic E-state index is 0.0707. The minimum absolute atomic E-state index is 0.0707. The Hall–Kier alpha value is -2.31. The summed E-state index contributed by atoms with van der Waals surface area (Å²) in [5, 5.41) is 6.42. The van der Waals surface area contributed by atoms with E-state index in [0.29, 0.717) is 12.3 Å². The lowest BCUT2D eigenvalue weighted by atomic mass is 9.79. The summed E-state index contributed by atoms with van der Waals surface area (Å²) in [6.45, 7) is 3.40. The number of aromatic nitrogens is 1. The van der Waals surface area contributed by atoms with E-state index in [0.717, 1.165) is 57.1 Å². The number of hydrogen-bond acceptors (Lipinski definition) is 4. The molecular weight excluding hydrogens is 318 g/mol. The van der Waals surface area contributed by atoms with Crippen LogP contribution in [0.2, 0.25) is 0 Å². The van der Waals surface area contributed by atoms with Crippen LogP contribution in [-0.2, 0) is 11.2 Å². The van der Waals surface area contributed by atoms with Crippen LogP contribution in [0, 0.1) is 5.41 Å². The summed E-state index contributed by atoms with van der Waals surface area (Å²) in [5.41, 5.74) is 1.06. The number of nitrogens with zero attached hydrogens (tertiary/aromatic N) is 3. The fraction of sp³-hybridized carbons (Fsp3) is 0.611. The van der Waals surface area contributed by atoms with Gasteiger partial charge in [0.25, 0.3) is 0 Å². The van der Waals surface area contributed by atoms with E-state index in [1.165, 1.54) is 0 Å². The Bertz CT molecular complexity index is 648. The highest BCUT2D eigenvalue weighted by Gasteiger charge is 2.42. The fourth-order valence-corrected chi connectivity index (χ4v) is 3.77. The molecule has 2 fully saturated rings. The molecule has 2 aliphatic rings. The van der Waals surface area contributed by atoms with Gasteiger partial charge in [0, 0.05) is 63.2 Å². The normalized spacial score (nSPS) is 23.7. The van der Waals surface area contributed by atoms with E-state index < -0.39 is 0 Å². The molecule has 136 valence electrons. The largest absolute Gasteiger partial charge is 0.481 e. The molecule has 0 radical (unpaired) electrons. The first-order chi connectivity index (χ1) is 12.1. The van der Waals surface area contributed by atoms with Gasteiger partial charge in [0.15, 0.2) is 5.96 Å². The second-order valence-electron chi connectivity index (χ2n) is 6.87. The molecule has 3 rings (SSSR count). The third-order valence-corrected chi connectivity index (χ3v) is 5.02. The lowest BCUT2D eigenvalue weighted by molar-refractivity contribution is -0.119. The average Bonchev–Trinajstić information content (AvgIpc) is 2.98. The highest BCUT2D eigenvalue weighted by molar-refractivity contribution is 5.81. The summed E-state index contributed by atoms with van der Waals surface area (Å²) in [6, 6.07) is 5.80. The lowest BCUT2D eigenvalue weighted by Gasteiger charge is -2.40.